The highest BCUT2D eigenvalue weighted by Gasteiger charge is 2.14. The molecule has 3 nitrogen and oxygen atoms in total. The molecule has 2 N–H and O–H groups in total. The fraction of sp³-hybridized carbons (Fsp3) is 0.154. The fourth-order valence-corrected chi connectivity index (χ4v) is 2.37. The molecule has 0 aliphatic rings. The van der Waals surface area contributed by atoms with Crippen LogP contribution in [0, 0.1) is 0 Å². The Morgan fingerprint density at radius 3 is 2.79 bits per heavy atom. The van der Waals surface area contributed by atoms with E-state index in [1.165, 1.54) is 0 Å². The molecule has 1 aromatic heterocycles. The van der Waals surface area contributed by atoms with Crippen LogP contribution in [0.4, 0.5) is 5.82 Å². The molecule has 100 valence electrons. The largest absolute Gasteiger partial charge is 0.482 e. The summed E-state index contributed by atoms with van der Waals surface area (Å²) in [6, 6.07) is 7.00. The van der Waals surface area contributed by atoms with E-state index in [4.69, 9.17) is 33.7 Å². The number of pyridine rings is 1. The Balaban J connectivity index is 2.27. The maximum absolute atomic E-state index is 6.13. The van der Waals surface area contributed by atoms with Crippen molar-refractivity contribution in [2.75, 3.05) is 5.73 Å². The summed E-state index contributed by atoms with van der Waals surface area (Å²) in [7, 11) is 0. The molecule has 1 atom stereocenters. The predicted molar refractivity (Wildman–Crippen MR) is 81.9 cm³/mol. The first-order valence-electron chi connectivity index (χ1n) is 5.50. The molecule has 0 amide bonds. The van der Waals surface area contributed by atoms with Gasteiger partial charge in [-0.2, -0.15) is 0 Å². The van der Waals surface area contributed by atoms with E-state index in [9.17, 15) is 0 Å². The lowest BCUT2D eigenvalue weighted by Crippen LogP contribution is -2.06. The van der Waals surface area contributed by atoms with Crippen molar-refractivity contribution in [3.8, 4) is 5.75 Å². The van der Waals surface area contributed by atoms with Gasteiger partial charge in [-0.05, 0) is 47.1 Å². The van der Waals surface area contributed by atoms with Gasteiger partial charge in [-0.25, -0.2) is 4.98 Å². The quantitative estimate of drug-likeness (QED) is 0.847. The van der Waals surface area contributed by atoms with Crippen LogP contribution in [-0.4, -0.2) is 4.98 Å². The average Bonchev–Trinajstić information content (AvgIpc) is 2.36. The van der Waals surface area contributed by atoms with Gasteiger partial charge in [0, 0.05) is 26.3 Å². The van der Waals surface area contributed by atoms with Gasteiger partial charge < -0.3 is 10.5 Å². The molecular weight excluding hydrogens is 351 g/mol. The summed E-state index contributed by atoms with van der Waals surface area (Å²) in [6.45, 7) is 1.87. The van der Waals surface area contributed by atoms with Gasteiger partial charge in [0.05, 0.1) is 0 Å². The van der Waals surface area contributed by atoms with Crippen LogP contribution in [-0.2, 0) is 0 Å². The van der Waals surface area contributed by atoms with Crippen molar-refractivity contribution in [1.82, 2.24) is 4.98 Å². The second-order valence-electron chi connectivity index (χ2n) is 3.96. The third-order valence-electron chi connectivity index (χ3n) is 2.55. The molecular formula is C13H11BrCl2N2O. The number of anilines is 1. The molecule has 0 aliphatic carbocycles. The van der Waals surface area contributed by atoms with Gasteiger partial charge in [0.25, 0.3) is 0 Å². The summed E-state index contributed by atoms with van der Waals surface area (Å²) in [5.41, 5.74) is 6.57. The summed E-state index contributed by atoms with van der Waals surface area (Å²) in [6.07, 6.45) is 1.32. The van der Waals surface area contributed by atoms with E-state index in [2.05, 4.69) is 20.9 Å². The molecule has 0 radical (unpaired) electrons. The Morgan fingerprint density at radius 2 is 2.05 bits per heavy atom. The van der Waals surface area contributed by atoms with Crippen molar-refractivity contribution in [3.05, 3.63) is 50.5 Å². The van der Waals surface area contributed by atoms with E-state index < -0.39 is 0 Å². The molecule has 0 fully saturated rings. The van der Waals surface area contributed by atoms with E-state index in [1.54, 1.807) is 30.5 Å². The lowest BCUT2D eigenvalue weighted by molar-refractivity contribution is 0.227. The van der Waals surface area contributed by atoms with Crippen LogP contribution >= 0.6 is 39.1 Å². The Hall–Kier alpha value is -0.970. The van der Waals surface area contributed by atoms with Crippen LogP contribution in [0.5, 0.6) is 5.75 Å². The smallest absolute Gasteiger partial charge is 0.166 e. The molecule has 1 heterocycles. The van der Waals surface area contributed by atoms with Crippen molar-refractivity contribution in [2.45, 2.75) is 13.0 Å². The van der Waals surface area contributed by atoms with Crippen LogP contribution in [0.1, 0.15) is 18.6 Å². The first-order chi connectivity index (χ1) is 8.97. The Kier molecular flexibility index (Phi) is 4.55. The van der Waals surface area contributed by atoms with Gasteiger partial charge in [0.2, 0.25) is 0 Å². The molecule has 6 heteroatoms. The van der Waals surface area contributed by atoms with Gasteiger partial charge >= 0.3 is 0 Å². The topological polar surface area (TPSA) is 48.1 Å². The minimum atomic E-state index is -0.287. The summed E-state index contributed by atoms with van der Waals surface area (Å²) < 4.78 is 6.58. The lowest BCUT2D eigenvalue weighted by Gasteiger charge is -2.17. The molecule has 0 aliphatic heterocycles. The molecule has 19 heavy (non-hydrogen) atoms. The van der Waals surface area contributed by atoms with Gasteiger partial charge in [-0.15, -0.1) is 0 Å². The number of aromatic nitrogens is 1. The fourth-order valence-electron chi connectivity index (χ4n) is 1.61. The van der Waals surface area contributed by atoms with Gasteiger partial charge in [0.1, 0.15) is 6.10 Å². The molecule has 0 saturated carbocycles. The third kappa shape index (κ3) is 3.53. The number of nitrogen functional groups attached to an aromatic ring is 1. The van der Waals surface area contributed by atoms with E-state index in [1.807, 2.05) is 6.92 Å². The minimum absolute atomic E-state index is 0.287. The number of rotatable bonds is 3. The number of hydrogen-bond donors (Lipinski definition) is 1. The standard InChI is InChI=1S/C13H11BrCl2N2O/c1-7(10-5-9(15)2-3-11(10)16)19-12-4-8(14)6-18-13(12)17/h2-7H,1H3,(H2,17,18)/t7-/m0/s1. The second kappa shape index (κ2) is 5.99. The Labute approximate surface area is 129 Å². The van der Waals surface area contributed by atoms with Crippen LogP contribution in [0.25, 0.3) is 0 Å². The number of nitrogens with two attached hydrogens (primary N) is 1. The molecule has 0 spiro atoms. The van der Waals surface area contributed by atoms with Crippen LogP contribution < -0.4 is 10.5 Å². The van der Waals surface area contributed by atoms with Gasteiger partial charge in [0.15, 0.2) is 11.6 Å². The zero-order valence-corrected chi connectivity index (χ0v) is 13.1. The van der Waals surface area contributed by atoms with Crippen molar-refractivity contribution >= 4 is 44.9 Å². The van der Waals surface area contributed by atoms with E-state index in [-0.39, 0.29) is 6.10 Å². The van der Waals surface area contributed by atoms with Crippen molar-refractivity contribution < 1.29 is 4.74 Å². The van der Waals surface area contributed by atoms with Crippen LogP contribution in [0.2, 0.25) is 10.0 Å². The molecule has 0 bridgehead atoms. The van der Waals surface area contributed by atoms with E-state index >= 15 is 0 Å². The molecule has 2 aromatic rings. The maximum atomic E-state index is 6.13. The number of benzene rings is 1. The minimum Gasteiger partial charge on any atom is -0.482 e. The second-order valence-corrected chi connectivity index (χ2v) is 5.72. The van der Waals surface area contributed by atoms with Crippen molar-refractivity contribution in [2.24, 2.45) is 0 Å². The zero-order chi connectivity index (χ0) is 14.0. The Morgan fingerprint density at radius 1 is 1.32 bits per heavy atom. The molecule has 2 rings (SSSR count). The van der Waals surface area contributed by atoms with Crippen molar-refractivity contribution in [1.29, 1.82) is 0 Å². The number of ether oxygens (including phenoxy) is 1. The van der Waals surface area contributed by atoms with Crippen LogP contribution in [0.15, 0.2) is 34.9 Å². The number of halogens is 3. The zero-order valence-electron chi connectivity index (χ0n) is 10.0. The normalized spacial score (nSPS) is 12.2. The SMILES string of the molecule is C[C@H](Oc1cc(Br)cnc1N)c1cc(Cl)ccc1Cl. The van der Waals surface area contributed by atoms with Crippen molar-refractivity contribution in [3.63, 3.8) is 0 Å². The highest BCUT2D eigenvalue weighted by molar-refractivity contribution is 9.10. The maximum Gasteiger partial charge on any atom is 0.166 e. The summed E-state index contributed by atoms with van der Waals surface area (Å²) in [4.78, 5) is 4.01. The highest BCUT2D eigenvalue weighted by Crippen LogP contribution is 2.32. The molecule has 0 saturated heterocycles. The average molecular weight is 362 g/mol. The van der Waals surface area contributed by atoms with E-state index in [0.29, 0.717) is 21.6 Å². The first-order valence-corrected chi connectivity index (χ1v) is 7.05. The summed E-state index contributed by atoms with van der Waals surface area (Å²) in [5, 5.41) is 1.20. The lowest BCUT2D eigenvalue weighted by atomic mass is 10.1. The predicted octanol–water partition coefficient (Wildman–Crippen LogP) is 4.87. The summed E-state index contributed by atoms with van der Waals surface area (Å²) >= 11 is 15.4. The van der Waals surface area contributed by atoms with Gasteiger partial charge in [-0.1, -0.05) is 23.2 Å². The first kappa shape index (κ1) is 14.4. The van der Waals surface area contributed by atoms with E-state index in [0.717, 1.165) is 10.0 Å². The third-order valence-corrected chi connectivity index (χ3v) is 3.56. The molecule has 0 unspecified atom stereocenters. The molecule has 1 aromatic carbocycles. The monoisotopic (exact) mass is 360 g/mol. The number of hydrogen-bond acceptors (Lipinski definition) is 3. The highest BCUT2D eigenvalue weighted by atomic mass is 79.9. The Bertz CT molecular complexity index is 607. The summed E-state index contributed by atoms with van der Waals surface area (Å²) in [5.74, 6) is 0.825. The van der Waals surface area contributed by atoms with Gasteiger partial charge in [-0.3, -0.25) is 0 Å². The van der Waals surface area contributed by atoms with Crippen LogP contribution in [0.3, 0.4) is 0 Å². The number of nitrogens with zero attached hydrogens (tertiary/aromatic N) is 1.